The highest BCUT2D eigenvalue weighted by Crippen LogP contribution is 2.22. The Hall–Kier alpha value is -1.88. The summed E-state index contributed by atoms with van der Waals surface area (Å²) in [7, 11) is 0. The Morgan fingerprint density at radius 2 is 2.19 bits per heavy atom. The van der Waals surface area contributed by atoms with Gasteiger partial charge >= 0.3 is 0 Å². The minimum absolute atomic E-state index is 0.733. The second-order valence-corrected chi connectivity index (χ2v) is 4.68. The van der Waals surface area contributed by atoms with Crippen molar-refractivity contribution in [2.45, 2.75) is 6.92 Å². The first-order valence-corrected chi connectivity index (χ1v) is 5.78. The molecule has 1 aromatic carbocycles. The zero-order chi connectivity index (χ0) is 11.1. The number of aromatic nitrogens is 3. The number of nitrogen functional groups attached to an aromatic ring is 1. The van der Waals surface area contributed by atoms with E-state index in [4.69, 9.17) is 5.73 Å². The van der Waals surface area contributed by atoms with Crippen LogP contribution in [-0.4, -0.2) is 15.0 Å². The zero-order valence-corrected chi connectivity index (χ0v) is 9.51. The molecule has 0 unspecified atom stereocenters. The summed E-state index contributed by atoms with van der Waals surface area (Å²) < 4.78 is 0. The van der Waals surface area contributed by atoms with Crippen LogP contribution in [0.25, 0.3) is 22.6 Å². The fraction of sp³-hybridized carbons (Fsp3) is 0.0909. The molecule has 2 heterocycles. The van der Waals surface area contributed by atoms with Crippen molar-refractivity contribution in [2.75, 3.05) is 5.73 Å². The Morgan fingerprint density at radius 1 is 1.31 bits per heavy atom. The van der Waals surface area contributed by atoms with Gasteiger partial charge in [0.1, 0.15) is 5.69 Å². The topological polar surface area (TPSA) is 67.6 Å². The molecule has 0 saturated carbocycles. The molecular weight excluding hydrogens is 220 g/mol. The summed E-state index contributed by atoms with van der Waals surface area (Å²) in [4.78, 5) is 12.1. The molecule has 0 radical (unpaired) electrons. The maximum absolute atomic E-state index is 5.71. The number of rotatable bonds is 1. The monoisotopic (exact) mass is 230 g/mol. The van der Waals surface area contributed by atoms with E-state index in [-0.39, 0.29) is 0 Å². The number of nitrogens with zero attached hydrogens (tertiary/aromatic N) is 2. The average molecular weight is 230 g/mol. The average Bonchev–Trinajstić information content (AvgIpc) is 2.83. The maximum Gasteiger partial charge on any atom is 0.158 e. The first-order valence-electron chi connectivity index (χ1n) is 4.90. The summed E-state index contributed by atoms with van der Waals surface area (Å²) in [6.07, 6.45) is 0. The second kappa shape index (κ2) is 3.31. The fourth-order valence-corrected chi connectivity index (χ4v) is 2.22. The summed E-state index contributed by atoms with van der Waals surface area (Å²) in [5, 5.41) is 3.03. The lowest BCUT2D eigenvalue weighted by molar-refractivity contribution is 1.23. The van der Waals surface area contributed by atoms with Crippen LogP contribution in [0.4, 0.5) is 5.69 Å². The van der Waals surface area contributed by atoms with E-state index in [1.165, 1.54) is 0 Å². The molecule has 0 aliphatic carbocycles. The minimum Gasteiger partial charge on any atom is -0.399 e. The lowest BCUT2D eigenvalue weighted by Gasteiger charge is -1.89. The SMILES string of the molecule is Cc1nc(-c2nc3ccc(N)cc3[nH]2)cs1. The lowest BCUT2D eigenvalue weighted by atomic mass is 10.3. The number of imidazole rings is 1. The van der Waals surface area contributed by atoms with Gasteiger partial charge < -0.3 is 10.7 Å². The van der Waals surface area contributed by atoms with Crippen LogP contribution >= 0.6 is 11.3 Å². The van der Waals surface area contributed by atoms with Crippen LogP contribution in [-0.2, 0) is 0 Å². The standard InChI is InChI=1S/C11H10N4S/c1-6-13-10(5-16-6)11-14-8-3-2-7(12)4-9(8)15-11/h2-5H,12H2,1H3,(H,14,15). The Bertz CT molecular complexity index is 653. The normalized spacial score (nSPS) is 11.1. The number of aromatic amines is 1. The highest BCUT2D eigenvalue weighted by Gasteiger charge is 2.07. The number of anilines is 1. The predicted molar refractivity (Wildman–Crippen MR) is 66.4 cm³/mol. The van der Waals surface area contributed by atoms with Crippen molar-refractivity contribution in [3.63, 3.8) is 0 Å². The molecule has 16 heavy (non-hydrogen) atoms. The second-order valence-electron chi connectivity index (χ2n) is 3.61. The molecule has 0 bridgehead atoms. The van der Waals surface area contributed by atoms with Gasteiger partial charge in [0.25, 0.3) is 0 Å². The first kappa shape index (κ1) is 9.35. The van der Waals surface area contributed by atoms with E-state index in [1.54, 1.807) is 11.3 Å². The number of H-pyrrole nitrogens is 1. The molecule has 0 saturated heterocycles. The fourth-order valence-electron chi connectivity index (χ4n) is 1.62. The molecule has 0 amide bonds. The number of aryl methyl sites for hydroxylation is 1. The number of thiazole rings is 1. The van der Waals surface area contributed by atoms with E-state index in [2.05, 4.69) is 15.0 Å². The van der Waals surface area contributed by atoms with Gasteiger partial charge in [-0.2, -0.15) is 0 Å². The molecule has 0 spiro atoms. The number of nitrogens with two attached hydrogens (primary N) is 1. The summed E-state index contributed by atoms with van der Waals surface area (Å²) in [5.74, 6) is 0.796. The molecule has 3 aromatic rings. The minimum atomic E-state index is 0.733. The van der Waals surface area contributed by atoms with E-state index in [0.717, 1.165) is 33.2 Å². The summed E-state index contributed by atoms with van der Waals surface area (Å²) >= 11 is 1.62. The molecule has 0 aliphatic rings. The Kier molecular flexibility index (Phi) is 1.94. The van der Waals surface area contributed by atoms with E-state index in [1.807, 2.05) is 30.5 Å². The Balaban J connectivity index is 2.18. The van der Waals surface area contributed by atoms with Crippen molar-refractivity contribution < 1.29 is 0 Å². The third-order valence-corrected chi connectivity index (χ3v) is 3.14. The van der Waals surface area contributed by atoms with Crippen LogP contribution in [0.3, 0.4) is 0 Å². The number of benzene rings is 1. The van der Waals surface area contributed by atoms with Gasteiger partial charge in [0.15, 0.2) is 5.82 Å². The molecule has 2 aromatic heterocycles. The largest absolute Gasteiger partial charge is 0.399 e. The van der Waals surface area contributed by atoms with E-state index in [9.17, 15) is 0 Å². The molecule has 3 N–H and O–H groups in total. The van der Waals surface area contributed by atoms with Gasteiger partial charge in [-0.1, -0.05) is 0 Å². The lowest BCUT2D eigenvalue weighted by Crippen LogP contribution is -1.82. The molecule has 0 aliphatic heterocycles. The van der Waals surface area contributed by atoms with Gasteiger partial charge in [0.2, 0.25) is 0 Å². The molecule has 4 nitrogen and oxygen atoms in total. The van der Waals surface area contributed by atoms with E-state index in [0.29, 0.717) is 0 Å². The van der Waals surface area contributed by atoms with Crippen molar-refractivity contribution in [2.24, 2.45) is 0 Å². The van der Waals surface area contributed by atoms with Crippen LogP contribution < -0.4 is 5.73 Å². The van der Waals surface area contributed by atoms with E-state index < -0.39 is 0 Å². The Labute approximate surface area is 96.2 Å². The summed E-state index contributed by atoms with van der Waals surface area (Å²) in [6, 6.07) is 5.63. The maximum atomic E-state index is 5.71. The first-order chi connectivity index (χ1) is 7.72. The third-order valence-electron chi connectivity index (χ3n) is 2.37. The molecule has 3 rings (SSSR count). The Morgan fingerprint density at radius 3 is 2.94 bits per heavy atom. The van der Waals surface area contributed by atoms with Crippen LogP contribution in [0.2, 0.25) is 0 Å². The van der Waals surface area contributed by atoms with Crippen molar-refractivity contribution in [1.29, 1.82) is 0 Å². The molecule has 0 fully saturated rings. The quantitative estimate of drug-likeness (QED) is 0.631. The molecule has 0 atom stereocenters. The van der Waals surface area contributed by atoms with Gasteiger partial charge in [0.05, 0.1) is 16.0 Å². The number of hydrogen-bond donors (Lipinski definition) is 2. The third kappa shape index (κ3) is 1.45. The van der Waals surface area contributed by atoms with Gasteiger partial charge in [0, 0.05) is 11.1 Å². The van der Waals surface area contributed by atoms with Crippen LogP contribution in [0.1, 0.15) is 5.01 Å². The van der Waals surface area contributed by atoms with Crippen molar-refractivity contribution in [1.82, 2.24) is 15.0 Å². The van der Waals surface area contributed by atoms with Crippen LogP contribution in [0.5, 0.6) is 0 Å². The van der Waals surface area contributed by atoms with Gasteiger partial charge in [-0.05, 0) is 25.1 Å². The number of nitrogens with one attached hydrogen (secondary N) is 1. The molecular formula is C11H10N4S. The highest BCUT2D eigenvalue weighted by atomic mass is 32.1. The number of fused-ring (bicyclic) bond motifs is 1. The van der Waals surface area contributed by atoms with Crippen molar-refractivity contribution in [3.8, 4) is 11.5 Å². The van der Waals surface area contributed by atoms with E-state index >= 15 is 0 Å². The van der Waals surface area contributed by atoms with Gasteiger partial charge in [-0.15, -0.1) is 11.3 Å². The number of hydrogen-bond acceptors (Lipinski definition) is 4. The van der Waals surface area contributed by atoms with Gasteiger partial charge in [-0.25, -0.2) is 9.97 Å². The highest BCUT2D eigenvalue weighted by molar-refractivity contribution is 7.09. The van der Waals surface area contributed by atoms with Crippen molar-refractivity contribution in [3.05, 3.63) is 28.6 Å². The zero-order valence-electron chi connectivity index (χ0n) is 8.69. The van der Waals surface area contributed by atoms with Crippen LogP contribution in [0, 0.1) is 6.92 Å². The molecule has 5 heteroatoms. The predicted octanol–water partition coefficient (Wildman–Crippen LogP) is 2.58. The van der Waals surface area contributed by atoms with Crippen molar-refractivity contribution >= 4 is 28.1 Å². The van der Waals surface area contributed by atoms with Crippen LogP contribution in [0.15, 0.2) is 23.6 Å². The smallest absolute Gasteiger partial charge is 0.158 e. The molecule has 80 valence electrons. The summed E-state index contributed by atoms with van der Waals surface area (Å²) in [6.45, 7) is 1.98. The summed E-state index contributed by atoms with van der Waals surface area (Å²) in [5.41, 5.74) is 9.19. The van der Waals surface area contributed by atoms with Gasteiger partial charge in [-0.3, -0.25) is 0 Å².